The van der Waals surface area contributed by atoms with Gasteiger partial charge in [0.25, 0.3) is 0 Å². The number of fused-ring (bicyclic) bond motifs is 1. The Kier molecular flexibility index (Phi) is 3.79. The van der Waals surface area contributed by atoms with Gasteiger partial charge in [0.15, 0.2) is 0 Å². The largest absolute Gasteiger partial charge is 0.393 e. The molecule has 3 aliphatic rings. The van der Waals surface area contributed by atoms with Crippen LogP contribution in [0.4, 0.5) is 0 Å². The van der Waals surface area contributed by atoms with Crippen LogP contribution in [0.25, 0.3) is 0 Å². The number of nitrogens with two attached hydrogens (primary N) is 1. The Morgan fingerprint density at radius 2 is 2.05 bits per heavy atom. The van der Waals surface area contributed by atoms with Gasteiger partial charge >= 0.3 is 0 Å². The van der Waals surface area contributed by atoms with Crippen LogP contribution in [0, 0.1) is 17.3 Å². The summed E-state index contributed by atoms with van der Waals surface area (Å²) in [7, 11) is 0. The number of carbonyl (C=O) groups is 1. The number of hydrogen-bond donors (Lipinski definition) is 3. The molecule has 21 heavy (non-hydrogen) atoms. The quantitative estimate of drug-likeness (QED) is 0.719. The van der Waals surface area contributed by atoms with Crippen molar-refractivity contribution in [3.05, 3.63) is 0 Å². The van der Waals surface area contributed by atoms with E-state index >= 15 is 0 Å². The molecule has 1 amide bonds. The van der Waals surface area contributed by atoms with Crippen molar-refractivity contribution in [3.63, 3.8) is 0 Å². The second kappa shape index (κ2) is 5.21. The molecule has 2 aliphatic carbocycles. The first-order valence-corrected chi connectivity index (χ1v) is 8.26. The summed E-state index contributed by atoms with van der Waals surface area (Å²) in [4.78, 5) is 12.7. The average molecular weight is 296 g/mol. The standard InChI is InChI=1S/C16H28N2O3/c1-15(2)13-11(7-8-21-13)16(15,17)14(20)18-9-10-5-3-4-6-12(10)19/h10-13,19H,3-9,17H2,1-2H3,(H,18,20). The van der Waals surface area contributed by atoms with E-state index in [-0.39, 0.29) is 35.4 Å². The van der Waals surface area contributed by atoms with Gasteiger partial charge in [-0.3, -0.25) is 4.79 Å². The lowest BCUT2D eigenvalue weighted by atomic mass is 9.48. The minimum atomic E-state index is -0.839. The fraction of sp³-hybridized carbons (Fsp3) is 0.938. The van der Waals surface area contributed by atoms with E-state index in [4.69, 9.17) is 10.5 Å². The first-order valence-electron chi connectivity index (χ1n) is 8.26. The molecular formula is C16H28N2O3. The van der Waals surface area contributed by atoms with Crippen molar-refractivity contribution in [1.82, 2.24) is 5.32 Å². The lowest BCUT2D eigenvalue weighted by Gasteiger charge is -2.60. The zero-order valence-electron chi connectivity index (χ0n) is 13.1. The SMILES string of the molecule is CC1(C)C2OCCC2C1(N)C(=O)NCC1CCCCC1O. The topological polar surface area (TPSA) is 84.6 Å². The number of rotatable bonds is 3. The van der Waals surface area contributed by atoms with Crippen LogP contribution in [0.5, 0.6) is 0 Å². The first kappa shape index (κ1) is 15.3. The van der Waals surface area contributed by atoms with E-state index in [1.807, 2.05) is 13.8 Å². The van der Waals surface area contributed by atoms with Crippen LogP contribution in [-0.4, -0.2) is 41.9 Å². The lowest BCUT2D eigenvalue weighted by molar-refractivity contribution is -0.175. The van der Waals surface area contributed by atoms with Crippen molar-refractivity contribution in [3.8, 4) is 0 Å². The number of carbonyl (C=O) groups excluding carboxylic acids is 1. The molecule has 1 aliphatic heterocycles. The summed E-state index contributed by atoms with van der Waals surface area (Å²) in [5, 5.41) is 13.0. The summed E-state index contributed by atoms with van der Waals surface area (Å²) in [5.41, 5.74) is 5.34. The molecule has 1 heterocycles. The highest BCUT2D eigenvalue weighted by molar-refractivity contribution is 5.89. The fourth-order valence-corrected chi connectivity index (χ4v) is 4.64. The minimum Gasteiger partial charge on any atom is -0.393 e. The molecule has 5 atom stereocenters. The Morgan fingerprint density at radius 3 is 2.76 bits per heavy atom. The molecule has 3 fully saturated rings. The van der Waals surface area contributed by atoms with Gasteiger partial charge in [0.2, 0.25) is 5.91 Å². The van der Waals surface area contributed by atoms with E-state index in [9.17, 15) is 9.90 Å². The third-order valence-corrected chi connectivity index (χ3v) is 6.22. The Hall–Kier alpha value is -0.650. The molecule has 3 rings (SSSR count). The van der Waals surface area contributed by atoms with Crippen LogP contribution in [0.3, 0.4) is 0 Å². The molecule has 5 unspecified atom stereocenters. The first-order chi connectivity index (χ1) is 9.89. The van der Waals surface area contributed by atoms with Gasteiger partial charge in [-0.1, -0.05) is 26.7 Å². The molecule has 0 spiro atoms. The Morgan fingerprint density at radius 1 is 1.33 bits per heavy atom. The highest BCUT2D eigenvalue weighted by Crippen LogP contribution is 2.58. The van der Waals surface area contributed by atoms with Gasteiger partial charge in [-0.05, 0) is 19.3 Å². The van der Waals surface area contributed by atoms with Crippen LogP contribution >= 0.6 is 0 Å². The molecule has 4 N–H and O–H groups in total. The number of amides is 1. The second-order valence-electron chi connectivity index (χ2n) is 7.60. The van der Waals surface area contributed by atoms with Crippen molar-refractivity contribution in [2.24, 2.45) is 23.0 Å². The molecule has 5 nitrogen and oxygen atoms in total. The predicted molar refractivity (Wildman–Crippen MR) is 79.5 cm³/mol. The molecule has 0 bridgehead atoms. The van der Waals surface area contributed by atoms with Gasteiger partial charge in [-0.2, -0.15) is 0 Å². The monoisotopic (exact) mass is 296 g/mol. The molecule has 0 radical (unpaired) electrons. The number of aliphatic hydroxyl groups is 1. The molecule has 2 saturated carbocycles. The number of hydrogen-bond acceptors (Lipinski definition) is 4. The van der Waals surface area contributed by atoms with Crippen LogP contribution < -0.4 is 11.1 Å². The van der Waals surface area contributed by atoms with Gasteiger partial charge < -0.3 is 20.9 Å². The summed E-state index contributed by atoms with van der Waals surface area (Å²) < 4.78 is 5.72. The molecule has 0 aromatic carbocycles. The van der Waals surface area contributed by atoms with Crippen molar-refractivity contribution in [2.75, 3.05) is 13.2 Å². The Labute approximate surface area is 126 Å². The highest BCUT2D eigenvalue weighted by atomic mass is 16.5. The van der Waals surface area contributed by atoms with E-state index in [1.54, 1.807) is 0 Å². The molecule has 120 valence electrons. The third-order valence-electron chi connectivity index (χ3n) is 6.22. The Balaban J connectivity index is 1.62. The van der Waals surface area contributed by atoms with Crippen molar-refractivity contribution >= 4 is 5.91 Å². The maximum atomic E-state index is 12.7. The summed E-state index contributed by atoms with van der Waals surface area (Å²) >= 11 is 0. The highest BCUT2D eigenvalue weighted by Gasteiger charge is 2.71. The maximum Gasteiger partial charge on any atom is 0.241 e. The van der Waals surface area contributed by atoms with E-state index < -0.39 is 5.54 Å². The van der Waals surface area contributed by atoms with Crippen LogP contribution in [0.2, 0.25) is 0 Å². The van der Waals surface area contributed by atoms with Gasteiger partial charge in [0.05, 0.1) is 12.2 Å². The zero-order chi connectivity index (χ0) is 15.3. The summed E-state index contributed by atoms with van der Waals surface area (Å²) in [6.07, 6.45) is 4.73. The maximum absolute atomic E-state index is 12.7. The lowest BCUT2D eigenvalue weighted by Crippen LogP contribution is -2.80. The minimum absolute atomic E-state index is 0.0722. The van der Waals surface area contributed by atoms with Crippen molar-refractivity contribution in [2.45, 2.75) is 63.7 Å². The van der Waals surface area contributed by atoms with Crippen LogP contribution in [0.15, 0.2) is 0 Å². The van der Waals surface area contributed by atoms with Crippen molar-refractivity contribution in [1.29, 1.82) is 0 Å². The van der Waals surface area contributed by atoms with Crippen LogP contribution in [-0.2, 0) is 9.53 Å². The predicted octanol–water partition coefficient (Wildman–Crippen LogP) is 0.796. The molecular weight excluding hydrogens is 268 g/mol. The summed E-state index contributed by atoms with van der Waals surface area (Å²) in [6, 6.07) is 0. The molecule has 5 heteroatoms. The van der Waals surface area contributed by atoms with E-state index in [0.29, 0.717) is 13.2 Å². The zero-order valence-corrected chi connectivity index (χ0v) is 13.1. The third kappa shape index (κ3) is 2.13. The van der Waals surface area contributed by atoms with Crippen LogP contribution in [0.1, 0.15) is 46.0 Å². The van der Waals surface area contributed by atoms with Gasteiger partial charge in [-0.25, -0.2) is 0 Å². The number of nitrogens with one attached hydrogen (secondary N) is 1. The van der Waals surface area contributed by atoms with E-state index in [1.165, 1.54) is 0 Å². The van der Waals surface area contributed by atoms with Gasteiger partial charge in [0.1, 0.15) is 5.54 Å². The van der Waals surface area contributed by atoms with Gasteiger partial charge in [0, 0.05) is 30.4 Å². The second-order valence-corrected chi connectivity index (χ2v) is 7.60. The van der Waals surface area contributed by atoms with E-state index in [0.717, 1.165) is 32.1 Å². The Bertz CT molecular complexity index is 426. The van der Waals surface area contributed by atoms with E-state index in [2.05, 4.69) is 5.32 Å². The normalized spacial score (nSPS) is 44.8. The fourth-order valence-electron chi connectivity index (χ4n) is 4.64. The molecule has 0 aromatic rings. The summed E-state index contributed by atoms with van der Waals surface area (Å²) in [6.45, 7) is 5.28. The van der Waals surface area contributed by atoms with Gasteiger partial charge in [-0.15, -0.1) is 0 Å². The summed E-state index contributed by atoms with van der Waals surface area (Å²) in [5.74, 6) is 0.228. The molecule has 0 aromatic heterocycles. The smallest absolute Gasteiger partial charge is 0.241 e. The van der Waals surface area contributed by atoms with Crippen molar-refractivity contribution < 1.29 is 14.6 Å². The number of aliphatic hydroxyl groups excluding tert-OH is 1. The average Bonchev–Trinajstić information content (AvgIpc) is 2.93. The number of ether oxygens (including phenoxy) is 1. The molecule has 1 saturated heterocycles.